The number of hydrogen-bond acceptors (Lipinski definition) is 6. The van der Waals surface area contributed by atoms with Crippen molar-refractivity contribution in [3.8, 4) is 0 Å². The molecule has 1 aromatic heterocycles. The van der Waals surface area contributed by atoms with Crippen LogP contribution in [0.4, 0.5) is 5.82 Å². The molecular formula is C12H19N5O2. The lowest BCUT2D eigenvalue weighted by Gasteiger charge is -2.36. The first-order valence-corrected chi connectivity index (χ1v) is 6.26. The topological polar surface area (TPSA) is 84.6 Å². The smallest absolute Gasteiger partial charge is 0.241 e. The van der Waals surface area contributed by atoms with E-state index >= 15 is 0 Å². The van der Waals surface area contributed by atoms with Crippen LogP contribution in [0.15, 0.2) is 18.6 Å². The number of amides is 1. The number of piperazine rings is 1. The molecule has 2 rings (SSSR count). The summed E-state index contributed by atoms with van der Waals surface area (Å²) in [5, 5.41) is 0. The Hall–Kier alpha value is -1.73. The second kappa shape index (κ2) is 6.44. The fourth-order valence-corrected chi connectivity index (χ4v) is 2.10. The highest BCUT2D eigenvalue weighted by molar-refractivity contribution is 5.82. The molecule has 0 saturated carbocycles. The zero-order valence-electron chi connectivity index (χ0n) is 11.0. The fourth-order valence-electron chi connectivity index (χ4n) is 2.10. The Labute approximate surface area is 112 Å². The van der Waals surface area contributed by atoms with Crippen LogP contribution in [0.5, 0.6) is 0 Å². The summed E-state index contributed by atoms with van der Waals surface area (Å²) in [5.41, 5.74) is 5.75. The highest BCUT2D eigenvalue weighted by Crippen LogP contribution is 2.11. The summed E-state index contributed by atoms with van der Waals surface area (Å²) >= 11 is 0. The van der Waals surface area contributed by atoms with Crippen molar-refractivity contribution in [1.29, 1.82) is 0 Å². The summed E-state index contributed by atoms with van der Waals surface area (Å²) < 4.78 is 4.90. The number of rotatable bonds is 4. The van der Waals surface area contributed by atoms with E-state index in [0.717, 1.165) is 18.9 Å². The lowest BCUT2D eigenvalue weighted by atomic mass is 10.2. The Bertz CT molecular complexity index is 406. The van der Waals surface area contributed by atoms with Crippen molar-refractivity contribution >= 4 is 11.7 Å². The third kappa shape index (κ3) is 3.39. The maximum atomic E-state index is 12.0. The summed E-state index contributed by atoms with van der Waals surface area (Å²) in [6, 6.07) is -0.576. The van der Waals surface area contributed by atoms with Gasteiger partial charge in [-0.1, -0.05) is 0 Å². The molecule has 7 heteroatoms. The summed E-state index contributed by atoms with van der Waals surface area (Å²) in [7, 11) is 1.54. The average Bonchev–Trinajstić information content (AvgIpc) is 2.48. The van der Waals surface area contributed by atoms with Gasteiger partial charge in [0.25, 0.3) is 0 Å². The van der Waals surface area contributed by atoms with Crippen LogP contribution in [0, 0.1) is 0 Å². The van der Waals surface area contributed by atoms with Crippen molar-refractivity contribution in [2.75, 3.05) is 44.8 Å². The Morgan fingerprint density at radius 3 is 2.74 bits per heavy atom. The first-order chi connectivity index (χ1) is 9.22. The molecule has 0 radical (unpaired) electrons. The Morgan fingerprint density at radius 1 is 1.42 bits per heavy atom. The van der Waals surface area contributed by atoms with E-state index in [1.807, 2.05) is 0 Å². The minimum absolute atomic E-state index is 0.0550. The van der Waals surface area contributed by atoms with Gasteiger partial charge >= 0.3 is 0 Å². The molecule has 19 heavy (non-hydrogen) atoms. The van der Waals surface area contributed by atoms with E-state index in [-0.39, 0.29) is 12.5 Å². The lowest BCUT2D eigenvalue weighted by molar-refractivity contribution is -0.134. The molecule has 1 fully saturated rings. The molecule has 1 aromatic rings. The van der Waals surface area contributed by atoms with Gasteiger partial charge in [-0.25, -0.2) is 4.98 Å². The molecule has 1 amide bonds. The fraction of sp³-hybridized carbons (Fsp3) is 0.583. The van der Waals surface area contributed by atoms with Gasteiger partial charge in [0.2, 0.25) is 5.91 Å². The SMILES string of the molecule is COCC(N)C(=O)N1CCN(c2cnccn2)CC1. The number of methoxy groups -OCH3 is 1. The lowest BCUT2D eigenvalue weighted by Crippen LogP contribution is -2.54. The number of ether oxygens (including phenoxy) is 1. The summed E-state index contributed by atoms with van der Waals surface area (Å²) in [4.78, 5) is 24.2. The minimum atomic E-state index is -0.576. The normalized spacial score (nSPS) is 17.4. The first kappa shape index (κ1) is 13.7. The van der Waals surface area contributed by atoms with E-state index in [9.17, 15) is 4.79 Å². The maximum absolute atomic E-state index is 12.0. The zero-order valence-corrected chi connectivity index (χ0v) is 11.0. The molecule has 2 heterocycles. The van der Waals surface area contributed by atoms with Crippen LogP contribution in [0.3, 0.4) is 0 Å². The molecule has 1 atom stereocenters. The monoisotopic (exact) mass is 265 g/mol. The van der Waals surface area contributed by atoms with Crippen molar-refractivity contribution in [2.24, 2.45) is 5.73 Å². The van der Waals surface area contributed by atoms with Crippen molar-refractivity contribution in [1.82, 2.24) is 14.9 Å². The highest BCUT2D eigenvalue weighted by atomic mass is 16.5. The molecule has 0 bridgehead atoms. The van der Waals surface area contributed by atoms with Crippen LogP contribution < -0.4 is 10.6 Å². The zero-order chi connectivity index (χ0) is 13.7. The molecule has 2 N–H and O–H groups in total. The third-order valence-electron chi connectivity index (χ3n) is 3.13. The Kier molecular flexibility index (Phi) is 4.64. The molecule has 104 valence electrons. The van der Waals surface area contributed by atoms with Crippen LogP contribution in [-0.4, -0.2) is 66.7 Å². The standard InChI is InChI=1S/C12H19N5O2/c1-19-9-10(13)12(18)17-6-4-16(5-7-17)11-8-14-2-3-15-11/h2-3,8,10H,4-7,9,13H2,1H3. The summed E-state index contributed by atoms with van der Waals surface area (Å²) in [5.74, 6) is 0.788. The predicted molar refractivity (Wildman–Crippen MR) is 70.7 cm³/mol. The molecule has 7 nitrogen and oxygen atoms in total. The number of aromatic nitrogens is 2. The maximum Gasteiger partial charge on any atom is 0.241 e. The van der Waals surface area contributed by atoms with Crippen LogP contribution in [0.25, 0.3) is 0 Å². The van der Waals surface area contributed by atoms with Crippen LogP contribution in [-0.2, 0) is 9.53 Å². The quantitative estimate of drug-likeness (QED) is 0.759. The van der Waals surface area contributed by atoms with Gasteiger partial charge in [0.05, 0.1) is 12.8 Å². The highest BCUT2D eigenvalue weighted by Gasteiger charge is 2.25. The van der Waals surface area contributed by atoms with Crippen molar-refractivity contribution in [3.63, 3.8) is 0 Å². The largest absolute Gasteiger partial charge is 0.383 e. The summed E-state index contributed by atoms with van der Waals surface area (Å²) in [6.07, 6.45) is 5.04. The van der Waals surface area contributed by atoms with Crippen molar-refractivity contribution in [3.05, 3.63) is 18.6 Å². The van der Waals surface area contributed by atoms with Gasteiger partial charge in [0, 0.05) is 45.7 Å². The van der Waals surface area contributed by atoms with Gasteiger partial charge < -0.3 is 20.3 Å². The van der Waals surface area contributed by atoms with E-state index in [2.05, 4.69) is 14.9 Å². The minimum Gasteiger partial charge on any atom is -0.383 e. The van der Waals surface area contributed by atoms with E-state index in [4.69, 9.17) is 10.5 Å². The Morgan fingerprint density at radius 2 is 2.16 bits per heavy atom. The van der Waals surface area contributed by atoms with Crippen molar-refractivity contribution < 1.29 is 9.53 Å². The first-order valence-electron chi connectivity index (χ1n) is 6.26. The van der Waals surface area contributed by atoms with Crippen LogP contribution >= 0.6 is 0 Å². The third-order valence-corrected chi connectivity index (χ3v) is 3.13. The van der Waals surface area contributed by atoms with Crippen molar-refractivity contribution in [2.45, 2.75) is 6.04 Å². The molecule has 0 spiro atoms. The van der Waals surface area contributed by atoms with Gasteiger partial charge in [-0.3, -0.25) is 9.78 Å². The number of hydrogen-bond donors (Lipinski definition) is 1. The molecule has 1 aliphatic heterocycles. The van der Waals surface area contributed by atoms with Crippen LogP contribution in [0.2, 0.25) is 0 Å². The molecule has 1 saturated heterocycles. The second-order valence-electron chi connectivity index (χ2n) is 4.44. The van der Waals surface area contributed by atoms with E-state index < -0.39 is 6.04 Å². The summed E-state index contributed by atoms with van der Waals surface area (Å²) in [6.45, 7) is 3.02. The molecule has 1 aliphatic rings. The molecule has 0 aliphatic carbocycles. The molecule has 0 aromatic carbocycles. The number of carbonyl (C=O) groups is 1. The number of anilines is 1. The van der Waals surface area contributed by atoms with E-state index in [0.29, 0.717) is 13.1 Å². The van der Waals surface area contributed by atoms with E-state index in [1.54, 1.807) is 30.6 Å². The molecule has 1 unspecified atom stereocenters. The number of carbonyl (C=O) groups excluding carboxylic acids is 1. The van der Waals surface area contributed by atoms with Crippen LogP contribution in [0.1, 0.15) is 0 Å². The number of nitrogens with zero attached hydrogens (tertiary/aromatic N) is 4. The van der Waals surface area contributed by atoms with Gasteiger partial charge in [0.1, 0.15) is 11.9 Å². The number of nitrogens with two attached hydrogens (primary N) is 1. The second-order valence-corrected chi connectivity index (χ2v) is 4.44. The van der Waals surface area contributed by atoms with E-state index in [1.165, 1.54) is 0 Å². The van der Waals surface area contributed by atoms with Gasteiger partial charge in [-0.05, 0) is 0 Å². The Balaban J connectivity index is 1.87. The van der Waals surface area contributed by atoms with Gasteiger partial charge in [0.15, 0.2) is 0 Å². The molecular weight excluding hydrogens is 246 g/mol. The average molecular weight is 265 g/mol. The van der Waals surface area contributed by atoms with Gasteiger partial charge in [-0.2, -0.15) is 0 Å². The van der Waals surface area contributed by atoms with Gasteiger partial charge in [-0.15, -0.1) is 0 Å². The predicted octanol–water partition coefficient (Wildman–Crippen LogP) is -0.901.